The quantitative estimate of drug-likeness (QED) is 0.638. The Balaban J connectivity index is 1.44. The topological polar surface area (TPSA) is 78.8 Å². The summed E-state index contributed by atoms with van der Waals surface area (Å²) in [6, 6.07) is 14.4. The van der Waals surface area contributed by atoms with E-state index in [1.54, 1.807) is 0 Å². The summed E-state index contributed by atoms with van der Waals surface area (Å²) in [7, 11) is -3.10. The minimum Gasteiger partial charge on any atom is -0.341 e. The zero-order chi connectivity index (χ0) is 21.3. The van der Waals surface area contributed by atoms with E-state index in [4.69, 9.17) is 11.6 Å². The van der Waals surface area contributed by atoms with Gasteiger partial charge in [0.05, 0.1) is 29.3 Å². The number of hydrogen-bond acceptors (Lipinski definition) is 6. The predicted molar refractivity (Wildman–Crippen MR) is 126 cm³/mol. The Hall–Kier alpha value is -1.55. The molecule has 2 aliphatic heterocycles. The van der Waals surface area contributed by atoms with Crippen LogP contribution in [-0.2, 0) is 21.2 Å². The summed E-state index contributed by atoms with van der Waals surface area (Å²) < 4.78 is 25.1. The van der Waals surface area contributed by atoms with Crippen molar-refractivity contribution in [2.24, 2.45) is 4.99 Å². The lowest BCUT2D eigenvalue weighted by Crippen LogP contribution is -2.38. The lowest BCUT2D eigenvalue weighted by Gasteiger charge is -2.26. The zero-order valence-electron chi connectivity index (χ0n) is 15.8. The molecule has 0 spiro atoms. The number of anilines is 1. The SMILES string of the molecule is O=C(CSC1=NC2CS(=O)(=O)CC2N1Cc1ccc(Cl)cc1)Nc1ccc(Br)cc1. The highest BCUT2D eigenvalue weighted by molar-refractivity contribution is 9.10. The molecule has 1 N–H and O–H groups in total. The van der Waals surface area contributed by atoms with Gasteiger partial charge in [0.1, 0.15) is 0 Å². The summed E-state index contributed by atoms with van der Waals surface area (Å²) in [6.07, 6.45) is 0. The fourth-order valence-corrected chi connectivity index (χ4v) is 6.72. The van der Waals surface area contributed by atoms with Crippen molar-refractivity contribution in [1.82, 2.24) is 4.90 Å². The van der Waals surface area contributed by atoms with E-state index in [1.807, 2.05) is 53.4 Å². The number of halogens is 2. The summed E-state index contributed by atoms with van der Waals surface area (Å²) >= 11 is 10.7. The van der Waals surface area contributed by atoms with Crippen LogP contribution in [0.5, 0.6) is 0 Å². The monoisotopic (exact) mass is 527 g/mol. The van der Waals surface area contributed by atoms with Gasteiger partial charge in [0.2, 0.25) is 5.91 Å². The van der Waals surface area contributed by atoms with Crippen LogP contribution in [0.4, 0.5) is 5.69 Å². The molecular formula is C20H19BrClN3O3S2. The van der Waals surface area contributed by atoms with Crippen LogP contribution in [0.15, 0.2) is 58.0 Å². The number of benzene rings is 2. The molecule has 6 nitrogen and oxygen atoms in total. The molecule has 0 radical (unpaired) electrons. The molecule has 2 unspecified atom stereocenters. The Kier molecular flexibility index (Phi) is 6.43. The summed E-state index contributed by atoms with van der Waals surface area (Å²) in [6.45, 7) is 0.522. The van der Waals surface area contributed by atoms with Crippen molar-refractivity contribution in [3.63, 3.8) is 0 Å². The van der Waals surface area contributed by atoms with Gasteiger partial charge in [-0.1, -0.05) is 51.4 Å². The van der Waals surface area contributed by atoms with Crippen LogP contribution in [-0.4, -0.2) is 53.7 Å². The van der Waals surface area contributed by atoms with Gasteiger partial charge in [0.25, 0.3) is 0 Å². The number of amides is 1. The number of aliphatic imine (C=N–C) groups is 1. The van der Waals surface area contributed by atoms with Gasteiger partial charge in [-0.25, -0.2) is 8.42 Å². The highest BCUT2D eigenvalue weighted by Crippen LogP contribution is 2.32. The minimum atomic E-state index is -3.10. The number of carbonyl (C=O) groups excluding carboxylic acids is 1. The number of hydrogen-bond donors (Lipinski definition) is 1. The molecule has 1 saturated heterocycles. The molecule has 1 fully saturated rings. The number of fused-ring (bicyclic) bond motifs is 1. The first-order valence-electron chi connectivity index (χ1n) is 9.27. The summed E-state index contributed by atoms with van der Waals surface area (Å²) in [5, 5.41) is 4.22. The van der Waals surface area contributed by atoms with Crippen molar-refractivity contribution in [2.45, 2.75) is 18.6 Å². The average molecular weight is 529 g/mol. The van der Waals surface area contributed by atoms with E-state index >= 15 is 0 Å². The molecule has 2 atom stereocenters. The van der Waals surface area contributed by atoms with Crippen LogP contribution in [0.25, 0.3) is 0 Å². The second-order valence-electron chi connectivity index (χ2n) is 7.22. The van der Waals surface area contributed by atoms with Gasteiger partial charge in [-0.15, -0.1) is 0 Å². The first kappa shape index (κ1) is 21.7. The molecule has 0 saturated carbocycles. The molecule has 10 heteroatoms. The Morgan fingerprint density at radius 3 is 2.57 bits per heavy atom. The molecule has 2 aromatic carbocycles. The number of rotatable bonds is 5. The average Bonchev–Trinajstić information content (AvgIpc) is 3.16. The maximum Gasteiger partial charge on any atom is 0.234 e. The van der Waals surface area contributed by atoms with Crippen molar-refractivity contribution in [3.05, 3.63) is 63.6 Å². The lowest BCUT2D eigenvalue weighted by atomic mass is 10.1. The fraction of sp³-hybridized carbons (Fsp3) is 0.300. The van der Waals surface area contributed by atoms with Gasteiger partial charge in [-0.3, -0.25) is 9.79 Å². The van der Waals surface area contributed by atoms with Crippen molar-refractivity contribution in [1.29, 1.82) is 0 Å². The van der Waals surface area contributed by atoms with E-state index in [0.29, 0.717) is 16.7 Å². The fourth-order valence-electron chi connectivity index (χ4n) is 3.54. The molecule has 2 aliphatic rings. The molecule has 1 amide bonds. The molecule has 158 valence electrons. The Labute approximate surface area is 193 Å². The van der Waals surface area contributed by atoms with Crippen LogP contribution < -0.4 is 5.32 Å². The third-order valence-electron chi connectivity index (χ3n) is 4.94. The largest absolute Gasteiger partial charge is 0.341 e. The van der Waals surface area contributed by atoms with Crippen molar-refractivity contribution < 1.29 is 13.2 Å². The van der Waals surface area contributed by atoms with Crippen LogP contribution in [0.3, 0.4) is 0 Å². The second-order valence-corrected chi connectivity index (χ2v) is 11.7. The van der Waals surface area contributed by atoms with Crippen LogP contribution in [0.1, 0.15) is 5.56 Å². The van der Waals surface area contributed by atoms with E-state index < -0.39 is 9.84 Å². The van der Waals surface area contributed by atoms with Crippen LogP contribution >= 0.6 is 39.3 Å². The molecule has 0 aromatic heterocycles. The number of amidine groups is 1. The Bertz CT molecular complexity index is 1080. The van der Waals surface area contributed by atoms with Gasteiger partial charge >= 0.3 is 0 Å². The molecular weight excluding hydrogens is 510 g/mol. The summed E-state index contributed by atoms with van der Waals surface area (Å²) in [5.74, 6) is 0.202. The standard InChI is InChI=1S/C20H19BrClN3O3S2/c21-14-3-7-16(8-4-14)23-19(26)10-29-20-24-17-11-30(27,28)12-18(17)25(20)9-13-1-5-15(22)6-2-13/h1-8,17-18H,9-12H2,(H,23,26). The second kappa shape index (κ2) is 8.90. The number of thioether (sulfide) groups is 1. The third kappa shape index (κ3) is 5.19. The number of sulfone groups is 1. The van der Waals surface area contributed by atoms with E-state index in [0.717, 1.165) is 15.7 Å². The van der Waals surface area contributed by atoms with Gasteiger partial charge in [-0.2, -0.15) is 0 Å². The molecule has 0 bridgehead atoms. The molecule has 30 heavy (non-hydrogen) atoms. The Morgan fingerprint density at radius 1 is 1.17 bits per heavy atom. The van der Waals surface area contributed by atoms with E-state index in [2.05, 4.69) is 26.2 Å². The number of carbonyl (C=O) groups is 1. The van der Waals surface area contributed by atoms with Crippen LogP contribution in [0, 0.1) is 0 Å². The van der Waals surface area contributed by atoms with Gasteiger partial charge in [0, 0.05) is 21.7 Å². The minimum absolute atomic E-state index is 0.0595. The number of nitrogens with zero attached hydrogens (tertiary/aromatic N) is 2. The number of nitrogens with one attached hydrogen (secondary N) is 1. The normalized spacial score (nSPS) is 21.9. The van der Waals surface area contributed by atoms with E-state index in [9.17, 15) is 13.2 Å². The molecule has 4 rings (SSSR count). The Morgan fingerprint density at radius 2 is 1.87 bits per heavy atom. The van der Waals surface area contributed by atoms with Crippen molar-refractivity contribution in [2.75, 3.05) is 22.6 Å². The third-order valence-corrected chi connectivity index (χ3v) is 8.43. The van der Waals surface area contributed by atoms with Crippen molar-refractivity contribution in [3.8, 4) is 0 Å². The maximum absolute atomic E-state index is 12.4. The highest BCUT2D eigenvalue weighted by atomic mass is 79.9. The van der Waals surface area contributed by atoms with Crippen LogP contribution in [0.2, 0.25) is 5.02 Å². The zero-order valence-corrected chi connectivity index (χ0v) is 19.8. The molecule has 0 aliphatic carbocycles. The smallest absolute Gasteiger partial charge is 0.234 e. The van der Waals surface area contributed by atoms with Gasteiger partial charge in [0.15, 0.2) is 15.0 Å². The van der Waals surface area contributed by atoms with E-state index in [-0.39, 0.29) is 35.2 Å². The van der Waals surface area contributed by atoms with E-state index in [1.165, 1.54) is 11.8 Å². The van der Waals surface area contributed by atoms with Gasteiger partial charge in [-0.05, 0) is 42.0 Å². The van der Waals surface area contributed by atoms with Gasteiger partial charge < -0.3 is 10.2 Å². The first-order chi connectivity index (χ1) is 14.3. The predicted octanol–water partition coefficient (Wildman–Crippen LogP) is 3.81. The summed E-state index contributed by atoms with van der Waals surface area (Å²) in [5.41, 5.74) is 1.73. The maximum atomic E-state index is 12.4. The molecule has 2 heterocycles. The van der Waals surface area contributed by atoms with Crippen molar-refractivity contribution >= 4 is 65.9 Å². The first-order valence-corrected chi connectivity index (χ1v) is 13.2. The summed E-state index contributed by atoms with van der Waals surface area (Å²) in [4.78, 5) is 19.0. The highest BCUT2D eigenvalue weighted by Gasteiger charge is 2.46. The lowest BCUT2D eigenvalue weighted by molar-refractivity contribution is -0.113. The molecule has 2 aromatic rings.